The van der Waals surface area contributed by atoms with Crippen LogP contribution >= 0.6 is 11.8 Å². The zero-order valence-electron chi connectivity index (χ0n) is 14.2. The van der Waals surface area contributed by atoms with Gasteiger partial charge >= 0.3 is 0 Å². The van der Waals surface area contributed by atoms with E-state index in [1.807, 2.05) is 49.4 Å². The summed E-state index contributed by atoms with van der Waals surface area (Å²) in [7, 11) is 1.63. The third-order valence-corrected chi connectivity index (χ3v) is 4.78. The maximum absolute atomic E-state index is 12.0. The van der Waals surface area contributed by atoms with Gasteiger partial charge in [-0.2, -0.15) is 5.10 Å². The quantitative estimate of drug-likeness (QED) is 0.660. The number of methoxy groups -OCH3 is 1. The highest BCUT2D eigenvalue weighted by Gasteiger charge is 2.15. The second-order valence-electron chi connectivity index (χ2n) is 5.56. The van der Waals surface area contributed by atoms with Crippen LogP contribution in [0, 0.1) is 0 Å². The van der Waals surface area contributed by atoms with Crippen molar-refractivity contribution in [2.45, 2.75) is 13.3 Å². The first kappa shape index (κ1) is 17.2. The second-order valence-corrected chi connectivity index (χ2v) is 6.61. The van der Waals surface area contributed by atoms with E-state index in [4.69, 9.17) is 4.74 Å². The lowest BCUT2D eigenvalue weighted by Gasteiger charge is -2.04. The molecule has 1 amide bonds. The van der Waals surface area contributed by atoms with Gasteiger partial charge in [-0.1, -0.05) is 18.2 Å². The van der Waals surface area contributed by atoms with E-state index in [1.165, 1.54) is 17.3 Å². The largest absolute Gasteiger partial charge is 0.497 e. The molecule has 2 aromatic carbocycles. The Morgan fingerprint density at radius 1 is 1.24 bits per heavy atom. The summed E-state index contributed by atoms with van der Waals surface area (Å²) in [6, 6.07) is 15.6. The molecular weight excluding hydrogens is 334 g/mol. The SMILES string of the molecule is COc1ccc(/C(C)=N/NC(=O)CSC2=Nc3ccccc3C2)cc1. The minimum atomic E-state index is -0.142. The van der Waals surface area contributed by atoms with Crippen LogP contribution in [0.5, 0.6) is 5.75 Å². The summed E-state index contributed by atoms with van der Waals surface area (Å²) in [5.41, 5.74) is 6.48. The zero-order chi connectivity index (χ0) is 17.6. The van der Waals surface area contributed by atoms with Gasteiger partial charge in [0.1, 0.15) is 5.75 Å². The van der Waals surface area contributed by atoms with Crippen LogP contribution in [0.4, 0.5) is 5.69 Å². The first-order chi connectivity index (χ1) is 12.2. The molecular formula is C19H19N3O2S. The van der Waals surface area contributed by atoms with E-state index in [0.717, 1.165) is 34.2 Å². The number of fused-ring (bicyclic) bond motifs is 1. The smallest absolute Gasteiger partial charge is 0.250 e. The Balaban J connectivity index is 1.49. The molecule has 25 heavy (non-hydrogen) atoms. The van der Waals surface area contributed by atoms with Gasteiger partial charge in [-0.25, -0.2) is 10.4 Å². The molecule has 2 aromatic rings. The highest BCUT2D eigenvalue weighted by molar-refractivity contribution is 8.14. The zero-order valence-corrected chi connectivity index (χ0v) is 15.0. The predicted octanol–water partition coefficient (Wildman–Crippen LogP) is 3.55. The van der Waals surface area contributed by atoms with Gasteiger partial charge in [0.15, 0.2) is 0 Å². The second kappa shape index (κ2) is 7.98. The number of aliphatic imine (C=N–C) groups is 1. The van der Waals surface area contributed by atoms with Gasteiger partial charge in [0.2, 0.25) is 5.91 Å². The fourth-order valence-corrected chi connectivity index (χ4v) is 3.20. The van der Waals surface area contributed by atoms with Crippen molar-refractivity contribution in [2.24, 2.45) is 10.1 Å². The van der Waals surface area contributed by atoms with Gasteiger partial charge in [0, 0.05) is 6.42 Å². The molecule has 128 valence electrons. The third-order valence-electron chi connectivity index (χ3n) is 3.80. The van der Waals surface area contributed by atoms with Crippen molar-refractivity contribution in [3.8, 4) is 5.75 Å². The number of amides is 1. The van der Waals surface area contributed by atoms with Gasteiger partial charge in [0.25, 0.3) is 0 Å². The number of ether oxygens (including phenoxy) is 1. The average Bonchev–Trinajstić information content (AvgIpc) is 3.07. The number of hydrazone groups is 1. The summed E-state index contributed by atoms with van der Waals surface area (Å²) in [6.45, 7) is 1.85. The number of hydrogen-bond acceptors (Lipinski definition) is 5. The molecule has 0 saturated heterocycles. The molecule has 0 spiro atoms. The Kier molecular flexibility index (Phi) is 5.50. The number of benzene rings is 2. The number of rotatable bonds is 5. The number of hydrogen-bond donors (Lipinski definition) is 1. The highest BCUT2D eigenvalue weighted by atomic mass is 32.2. The molecule has 1 aliphatic rings. The summed E-state index contributed by atoms with van der Waals surface area (Å²) in [5.74, 6) is 0.943. The summed E-state index contributed by atoms with van der Waals surface area (Å²) in [5, 5.41) is 5.12. The molecule has 0 unspecified atom stereocenters. The van der Waals surface area contributed by atoms with Crippen LogP contribution in [0.15, 0.2) is 58.6 Å². The maximum Gasteiger partial charge on any atom is 0.250 e. The van der Waals surface area contributed by atoms with Gasteiger partial charge in [-0.3, -0.25) is 4.79 Å². The Bertz CT molecular complexity index is 829. The monoisotopic (exact) mass is 353 g/mol. The van der Waals surface area contributed by atoms with Crippen molar-refractivity contribution in [3.63, 3.8) is 0 Å². The topological polar surface area (TPSA) is 63.0 Å². The lowest BCUT2D eigenvalue weighted by Crippen LogP contribution is -2.22. The van der Waals surface area contributed by atoms with E-state index >= 15 is 0 Å². The molecule has 5 nitrogen and oxygen atoms in total. The Labute approximate surface area is 151 Å². The van der Waals surface area contributed by atoms with Crippen molar-refractivity contribution >= 4 is 34.1 Å². The molecule has 0 saturated carbocycles. The highest BCUT2D eigenvalue weighted by Crippen LogP contribution is 2.29. The summed E-state index contributed by atoms with van der Waals surface area (Å²) in [4.78, 5) is 16.5. The van der Waals surface area contributed by atoms with E-state index in [9.17, 15) is 4.79 Å². The van der Waals surface area contributed by atoms with Crippen LogP contribution in [0.2, 0.25) is 0 Å². The molecule has 3 rings (SSSR count). The number of para-hydroxylation sites is 1. The van der Waals surface area contributed by atoms with Crippen LogP contribution in [-0.4, -0.2) is 29.5 Å². The predicted molar refractivity (Wildman–Crippen MR) is 103 cm³/mol. The van der Waals surface area contributed by atoms with Crippen molar-refractivity contribution in [2.75, 3.05) is 12.9 Å². The molecule has 0 aliphatic carbocycles. The Morgan fingerprint density at radius 3 is 2.72 bits per heavy atom. The van der Waals surface area contributed by atoms with Gasteiger partial charge < -0.3 is 4.74 Å². The Hall–Kier alpha value is -2.60. The van der Waals surface area contributed by atoms with E-state index < -0.39 is 0 Å². The minimum absolute atomic E-state index is 0.142. The lowest BCUT2D eigenvalue weighted by atomic mass is 10.1. The number of nitrogens with zero attached hydrogens (tertiary/aromatic N) is 2. The molecule has 0 fully saturated rings. The molecule has 0 atom stereocenters. The van der Waals surface area contributed by atoms with Crippen LogP contribution in [-0.2, 0) is 11.2 Å². The van der Waals surface area contributed by atoms with E-state index in [-0.39, 0.29) is 5.91 Å². The van der Waals surface area contributed by atoms with Gasteiger partial charge in [0.05, 0.1) is 29.3 Å². The number of thioether (sulfide) groups is 1. The van der Waals surface area contributed by atoms with Crippen LogP contribution in [0.3, 0.4) is 0 Å². The van der Waals surface area contributed by atoms with Crippen molar-refractivity contribution in [1.82, 2.24) is 5.43 Å². The molecule has 0 radical (unpaired) electrons. The van der Waals surface area contributed by atoms with E-state index in [1.54, 1.807) is 7.11 Å². The van der Waals surface area contributed by atoms with Crippen LogP contribution in [0.1, 0.15) is 18.1 Å². The lowest BCUT2D eigenvalue weighted by molar-refractivity contribution is -0.118. The number of carbonyl (C=O) groups excluding carboxylic acids is 1. The van der Waals surface area contributed by atoms with Crippen molar-refractivity contribution < 1.29 is 9.53 Å². The average molecular weight is 353 g/mol. The molecule has 0 aromatic heterocycles. The number of nitrogens with one attached hydrogen (secondary N) is 1. The standard InChI is InChI=1S/C19H19N3O2S/c1-13(14-7-9-16(24-2)10-8-14)21-22-18(23)12-25-19-11-15-5-3-4-6-17(15)20-19/h3-10H,11-12H2,1-2H3,(H,22,23)/b21-13+. The van der Waals surface area contributed by atoms with E-state index in [2.05, 4.69) is 21.6 Å². The third kappa shape index (κ3) is 4.48. The van der Waals surface area contributed by atoms with Crippen LogP contribution in [0.25, 0.3) is 0 Å². The molecule has 1 aliphatic heterocycles. The van der Waals surface area contributed by atoms with Gasteiger partial charge in [-0.05, 0) is 48.4 Å². The first-order valence-corrected chi connectivity index (χ1v) is 8.90. The summed E-state index contributed by atoms with van der Waals surface area (Å²) >= 11 is 1.45. The molecule has 0 bridgehead atoms. The van der Waals surface area contributed by atoms with Crippen molar-refractivity contribution in [1.29, 1.82) is 0 Å². The van der Waals surface area contributed by atoms with Crippen molar-refractivity contribution in [3.05, 3.63) is 59.7 Å². The summed E-state index contributed by atoms with van der Waals surface area (Å²) < 4.78 is 5.13. The normalized spacial score (nSPS) is 13.2. The first-order valence-electron chi connectivity index (χ1n) is 7.91. The Morgan fingerprint density at radius 2 is 2.00 bits per heavy atom. The fraction of sp³-hybridized carbons (Fsp3) is 0.211. The van der Waals surface area contributed by atoms with Crippen LogP contribution < -0.4 is 10.2 Å². The fourth-order valence-electron chi connectivity index (χ4n) is 2.41. The van der Waals surface area contributed by atoms with Gasteiger partial charge in [-0.15, -0.1) is 11.8 Å². The number of carbonyl (C=O) groups is 1. The maximum atomic E-state index is 12.0. The molecule has 6 heteroatoms. The van der Waals surface area contributed by atoms with E-state index in [0.29, 0.717) is 5.75 Å². The molecule has 1 heterocycles. The minimum Gasteiger partial charge on any atom is -0.497 e. The molecule has 1 N–H and O–H groups in total. The summed E-state index contributed by atoms with van der Waals surface area (Å²) in [6.07, 6.45) is 0.794.